The van der Waals surface area contributed by atoms with Gasteiger partial charge in [0.1, 0.15) is 5.02 Å². The highest BCUT2D eigenvalue weighted by Crippen LogP contribution is 2.32. The monoisotopic (exact) mass is 393 g/mol. The molecule has 0 atom stereocenters. The number of hydrogen-bond acceptors (Lipinski definition) is 6. The first-order valence-electron chi connectivity index (χ1n) is 7.31. The highest BCUT2D eigenvalue weighted by Gasteiger charge is 2.18. The number of carbonyl (C=O) groups is 1. The van der Waals surface area contributed by atoms with Gasteiger partial charge in [-0.1, -0.05) is 11.6 Å². The van der Waals surface area contributed by atoms with E-state index in [-0.39, 0.29) is 22.6 Å². The third-order valence-corrected chi connectivity index (χ3v) is 4.11. The molecule has 10 heteroatoms. The van der Waals surface area contributed by atoms with Crippen molar-refractivity contribution in [2.45, 2.75) is 6.92 Å². The number of nitrogens with zero attached hydrogens (tertiary/aromatic N) is 1. The predicted octanol–water partition coefficient (Wildman–Crippen LogP) is 3.41. The molecule has 0 radical (unpaired) electrons. The predicted molar refractivity (Wildman–Crippen MR) is 99.1 cm³/mol. The highest BCUT2D eigenvalue weighted by molar-refractivity contribution is 7.80. The van der Waals surface area contributed by atoms with Crippen molar-refractivity contribution in [3.05, 3.63) is 56.6 Å². The number of nitro groups is 1. The fourth-order valence-electron chi connectivity index (χ4n) is 2.31. The molecule has 0 saturated heterocycles. The number of carbonyl (C=O) groups excluding carboxylic acids is 1. The molecular formula is C16H12ClN3O5S. The van der Waals surface area contributed by atoms with Crippen LogP contribution in [0.3, 0.4) is 0 Å². The van der Waals surface area contributed by atoms with E-state index in [2.05, 4.69) is 10.6 Å². The molecular weight excluding hydrogens is 382 g/mol. The van der Waals surface area contributed by atoms with Crippen LogP contribution >= 0.6 is 23.8 Å². The Labute approximate surface area is 158 Å². The van der Waals surface area contributed by atoms with Gasteiger partial charge in [0.25, 0.3) is 11.6 Å². The summed E-state index contributed by atoms with van der Waals surface area (Å²) >= 11 is 11.0. The first-order chi connectivity index (χ1) is 12.3. The summed E-state index contributed by atoms with van der Waals surface area (Å²) in [4.78, 5) is 22.6. The largest absolute Gasteiger partial charge is 0.454 e. The molecule has 2 aromatic rings. The number of rotatable bonds is 3. The molecule has 0 spiro atoms. The second kappa shape index (κ2) is 7.14. The van der Waals surface area contributed by atoms with Crippen LogP contribution in [0.4, 0.5) is 11.4 Å². The van der Waals surface area contributed by atoms with Gasteiger partial charge in [0, 0.05) is 17.3 Å². The number of amides is 1. The molecule has 134 valence electrons. The summed E-state index contributed by atoms with van der Waals surface area (Å²) < 4.78 is 10.4. The molecule has 0 aliphatic carbocycles. The number of thiocarbonyl (C=S) groups is 1. The number of anilines is 1. The van der Waals surface area contributed by atoms with Crippen molar-refractivity contribution < 1.29 is 19.2 Å². The lowest BCUT2D eigenvalue weighted by Gasteiger charge is -2.12. The fourth-order valence-corrected chi connectivity index (χ4v) is 2.74. The Balaban J connectivity index is 1.70. The third-order valence-electron chi connectivity index (χ3n) is 3.60. The zero-order valence-electron chi connectivity index (χ0n) is 13.4. The first kappa shape index (κ1) is 17.9. The Morgan fingerprint density at radius 1 is 1.27 bits per heavy atom. The summed E-state index contributed by atoms with van der Waals surface area (Å²) in [6.07, 6.45) is 0. The average Bonchev–Trinajstić information content (AvgIpc) is 3.05. The summed E-state index contributed by atoms with van der Waals surface area (Å²) in [5.41, 5.74) is 1.15. The topological polar surface area (TPSA) is 103 Å². The molecule has 1 aliphatic heterocycles. The number of nitro benzene ring substituents is 1. The minimum atomic E-state index is -0.571. The van der Waals surface area contributed by atoms with Crippen LogP contribution < -0.4 is 20.1 Å². The zero-order valence-corrected chi connectivity index (χ0v) is 14.9. The lowest BCUT2D eigenvalue weighted by Crippen LogP contribution is -2.34. The Bertz CT molecular complexity index is 934. The van der Waals surface area contributed by atoms with Crippen molar-refractivity contribution in [2.75, 3.05) is 12.1 Å². The number of aryl methyl sites for hydroxylation is 1. The summed E-state index contributed by atoms with van der Waals surface area (Å²) in [7, 11) is 0. The van der Waals surface area contributed by atoms with Gasteiger partial charge in [-0.2, -0.15) is 0 Å². The summed E-state index contributed by atoms with van der Waals surface area (Å²) in [6, 6.07) is 7.47. The van der Waals surface area contributed by atoms with Crippen LogP contribution in [0.25, 0.3) is 0 Å². The molecule has 2 aromatic carbocycles. The minimum Gasteiger partial charge on any atom is -0.454 e. The van der Waals surface area contributed by atoms with Gasteiger partial charge in [-0.05, 0) is 49.0 Å². The fraction of sp³-hybridized carbons (Fsp3) is 0.125. The van der Waals surface area contributed by atoms with Crippen molar-refractivity contribution in [3.63, 3.8) is 0 Å². The third kappa shape index (κ3) is 3.68. The highest BCUT2D eigenvalue weighted by atomic mass is 35.5. The van der Waals surface area contributed by atoms with Gasteiger partial charge in [-0.15, -0.1) is 0 Å². The van der Waals surface area contributed by atoms with E-state index in [0.717, 1.165) is 0 Å². The number of hydrogen-bond donors (Lipinski definition) is 2. The van der Waals surface area contributed by atoms with Crippen molar-refractivity contribution in [3.8, 4) is 11.5 Å². The van der Waals surface area contributed by atoms with Crippen LogP contribution in [0.1, 0.15) is 15.9 Å². The van der Waals surface area contributed by atoms with Crippen LogP contribution in [0, 0.1) is 17.0 Å². The number of ether oxygens (including phenoxy) is 2. The number of halogens is 1. The Kier molecular flexibility index (Phi) is 4.92. The van der Waals surface area contributed by atoms with Crippen molar-refractivity contribution >= 4 is 46.2 Å². The average molecular weight is 394 g/mol. The molecule has 1 heterocycles. The Morgan fingerprint density at radius 2 is 2.00 bits per heavy atom. The van der Waals surface area contributed by atoms with E-state index < -0.39 is 10.8 Å². The molecule has 0 unspecified atom stereocenters. The second-order valence-corrected chi connectivity index (χ2v) is 6.17. The molecule has 8 nitrogen and oxygen atoms in total. The van der Waals surface area contributed by atoms with Gasteiger partial charge in [0.2, 0.25) is 6.79 Å². The molecule has 1 aliphatic rings. The maximum atomic E-state index is 12.3. The smallest absolute Gasteiger partial charge is 0.288 e. The molecule has 1 amide bonds. The lowest BCUT2D eigenvalue weighted by molar-refractivity contribution is -0.384. The maximum absolute atomic E-state index is 12.3. The van der Waals surface area contributed by atoms with Crippen LogP contribution in [-0.4, -0.2) is 22.7 Å². The van der Waals surface area contributed by atoms with Crippen LogP contribution in [0.5, 0.6) is 11.5 Å². The molecule has 0 bridgehead atoms. The standard InChI is InChI=1S/C16H12ClN3O5S/c1-8-4-12(20(22)23)10(17)6-11(8)18-16(26)19-15(21)9-2-3-13-14(5-9)25-7-24-13/h2-6H,7H2,1H3,(H2,18,19,21,26). The van der Waals surface area contributed by atoms with Gasteiger partial charge in [-0.3, -0.25) is 20.2 Å². The van der Waals surface area contributed by atoms with Gasteiger partial charge in [-0.25, -0.2) is 0 Å². The number of nitrogens with one attached hydrogen (secondary N) is 2. The van der Waals surface area contributed by atoms with Crippen LogP contribution in [-0.2, 0) is 0 Å². The van der Waals surface area contributed by atoms with E-state index in [9.17, 15) is 14.9 Å². The van der Waals surface area contributed by atoms with Crippen LogP contribution in [0.15, 0.2) is 30.3 Å². The van der Waals surface area contributed by atoms with Gasteiger partial charge < -0.3 is 14.8 Å². The Morgan fingerprint density at radius 3 is 2.73 bits per heavy atom. The van der Waals surface area contributed by atoms with Crippen molar-refractivity contribution in [2.24, 2.45) is 0 Å². The maximum Gasteiger partial charge on any atom is 0.288 e. The number of fused-ring (bicyclic) bond motifs is 1. The molecule has 26 heavy (non-hydrogen) atoms. The van der Waals surface area contributed by atoms with E-state index in [1.54, 1.807) is 25.1 Å². The quantitative estimate of drug-likeness (QED) is 0.468. The molecule has 2 N–H and O–H groups in total. The molecule has 0 fully saturated rings. The minimum absolute atomic E-state index is 0.0284. The van der Waals surface area contributed by atoms with Gasteiger partial charge >= 0.3 is 0 Å². The van der Waals surface area contributed by atoms with Crippen LogP contribution in [0.2, 0.25) is 5.02 Å². The molecule has 0 saturated carbocycles. The SMILES string of the molecule is Cc1cc([N+](=O)[O-])c(Cl)cc1NC(=S)NC(=O)c1ccc2c(c1)OCO2. The molecule has 0 aromatic heterocycles. The number of benzene rings is 2. The van der Waals surface area contributed by atoms with E-state index in [0.29, 0.717) is 28.3 Å². The summed E-state index contributed by atoms with van der Waals surface area (Å²) in [5, 5.41) is 16.2. The molecule has 3 rings (SSSR count). The van der Waals surface area contributed by atoms with Crippen molar-refractivity contribution in [1.82, 2.24) is 5.32 Å². The van der Waals surface area contributed by atoms with Gasteiger partial charge in [0.15, 0.2) is 16.6 Å². The van der Waals surface area contributed by atoms with Gasteiger partial charge in [0.05, 0.1) is 4.92 Å². The van der Waals surface area contributed by atoms with E-state index in [1.807, 2.05) is 0 Å². The van der Waals surface area contributed by atoms with Crippen molar-refractivity contribution in [1.29, 1.82) is 0 Å². The normalized spacial score (nSPS) is 11.8. The van der Waals surface area contributed by atoms with E-state index in [1.165, 1.54) is 12.1 Å². The summed E-state index contributed by atoms with van der Waals surface area (Å²) in [6.45, 7) is 1.77. The zero-order chi connectivity index (χ0) is 18.8. The van der Waals surface area contributed by atoms with E-state index >= 15 is 0 Å². The first-order valence-corrected chi connectivity index (χ1v) is 8.10. The Hall–Kier alpha value is -2.91. The lowest BCUT2D eigenvalue weighted by atomic mass is 10.2. The second-order valence-electron chi connectivity index (χ2n) is 5.35. The summed E-state index contributed by atoms with van der Waals surface area (Å²) in [5.74, 6) is 0.611. The van der Waals surface area contributed by atoms with E-state index in [4.69, 9.17) is 33.3 Å².